The highest BCUT2D eigenvalue weighted by Crippen LogP contribution is 2.19. The molecule has 1 aliphatic heterocycles. The standard InChI is InChI=1S/C23H30FN3O2.HI/c1-3-29-22-10-9-19(13-21(22)24)14-26-23(25-2)27-12-11-20(15-27)17-28-16-18-7-5-4-6-8-18;/h4-10,13,20H,3,11-12,14-17H2,1-2H3,(H,25,26);1H. The number of hydrogen-bond donors (Lipinski definition) is 1. The molecular formula is C23H31FIN3O2. The van der Waals surface area contributed by atoms with Crippen molar-refractivity contribution in [3.63, 3.8) is 0 Å². The van der Waals surface area contributed by atoms with Crippen LogP contribution in [0.1, 0.15) is 24.5 Å². The molecule has 30 heavy (non-hydrogen) atoms. The Labute approximate surface area is 195 Å². The molecule has 1 N–H and O–H groups in total. The lowest BCUT2D eigenvalue weighted by molar-refractivity contribution is 0.0906. The zero-order valence-corrected chi connectivity index (χ0v) is 20.0. The molecule has 1 heterocycles. The highest BCUT2D eigenvalue weighted by molar-refractivity contribution is 14.0. The Morgan fingerprint density at radius 3 is 2.70 bits per heavy atom. The molecule has 1 saturated heterocycles. The average molecular weight is 527 g/mol. The number of nitrogens with one attached hydrogen (secondary N) is 1. The van der Waals surface area contributed by atoms with Gasteiger partial charge in [-0.15, -0.1) is 24.0 Å². The van der Waals surface area contributed by atoms with E-state index in [1.807, 2.05) is 31.2 Å². The van der Waals surface area contributed by atoms with E-state index in [1.165, 1.54) is 11.6 Å². The van der Waals surface area contributed by atoms with Gasteiger partial charge in [-0.1, -0.05) is 36.4 Å². The van der Waals surface area contributed by atoms with Crippen molar-refractivity contribution < 1.29 is 13.9 Å². The van der Waals surface area contributed by atoms with Crippen LogP contribution in [0.15, 0.2) is 53.5 Å². The van der Waals surface area contributed by atoms with Crippen molar-refractivity contribution >= 4 is 29.9 Å². The summed E-state index contributed by atoms with van der Waals surface area (Å²) < 4.78 is 25.2. The molecule has 0 aromatic heterocycles. The molecule has 7 heteroatoms. The quantitative estimate of drug-likeness (QED) is 0.313. The number of guanidine groups is 1. The molecule has 0 spiro atoms. The van der Waals surface area contributed by atoms with Gasteiger partial charge in [0.1, 0.15) is 0 Å². The van der Waals surface area contributed by atoms with Crippen LogP contribution in [0.4, 0.5) is 4.39 Å². The fraction of sp³-hybridized carbons (Fsp3) is 0.435. The van der Waals surface area contributed by atoms with Crippen LogP contribution >= 0.6 is 24.0 Å². The minimum absolute atomic E-state index is 0. The molecule has 0 amide bonds. The molecule has 0 bridgehead atoms. The maximum atomic E-state index is 14.0. The van der Waals surface area contributed by atoms with E-state index in [4.69, 9.17) is 9.47 Å². The minimum atomic E-state index is -0.335. The summed E-state index contributed by atoms with van der Waals surface area (Å²) >= 11 is 0. The van der Waals surface area contributed by atoms with E-state index in [9.17, 15) is 4.39 Å². The second kappa shape index (κ2) is 12.7. The van der Waals surface area contributed by atoms with Crippen LogP contribution in [-0.2, 0) is 17.9 Å². The SMILES string of the molecule is CCOc1ccc(CNC(=NC)N2CCC(COCc3ccccc3)C2)cc1F.I. The van der Waals surface area contributed by atoms with E-state index in [0.29, 0.717) is 31.4 Å². The Bertz CT molecular complexity index is 804. The van der Waals surface area contributed by atoms with Gasteiger partial charge in [0, 0.05) is 32.6 Å². The highest BCUT2D eigenvalue weighted by atomic mass is 127. The molecule has 2 aromatic rings. The van der Waals surface area contributed by atoms with Gasteiger partial charge >= 0.3 is 0 Å². The predicted octanol–water partition coefficient (Wildman–Crippen LogP) is 4.46. The lowest BCUT2D eigenvalue weighted by atomic mass is 10.1. The van der Waals surface area contributed by atoms with Crippen LogP contribution in [0.25, 0.3) is 0 Å². The van der Waals surface area contributed by atoms with Crippen molar-refractivity contribution in [2.75, 3.05) is 33.4 Å². The summed E-state index contributed by atoms with van der Waals surface area (Å²) in [5, 5.41) is 3.34. The molecule has 1 fully saturated rings. The maximum Gasteiger partial charge on any atom is 0.193 e. The number of hydrogen-bond acceptors (Lipinski definition) is 3. The first-order valence-corrected chi connectivity index (χ1v) is 10.2. The van der Waals surface area contributed by atoms with Gasteiger partial charge in [-0.25, -0.2) is 4.39 Å². The predicted molar refractivity (Wildman–Crippen MR) is 129 cm³/mol. The normalized spacial score (nSPS) is 16.3. The molecule has 0 aliphatic carbocycles. The number of ether oxygens (including phenoxy) is 2. The third kappa shape index (κ3) is 7.12. The first-order valence-electron chi connectivity index (χ1n) is 10.2. The van der Waals surface area contributed by atoms with Gasteiger partial charge in [0.25, 0.3) is 0 Å². The summed E-state index contributed by atoms with van der Waals surface area (Å²) in [6.07, 6.45) is 1.08. The first kappa shape index (κ1) is 24.4. The smallest absolute Gasteiger partial charge is 0.193 e. The number of benzene rings is 2. The Balaban J connectivity index is 0.00000320. The summed E-state index contributed by atoms with van der Waals surface area (Å²) in [7, 11) is 1.78. The van der Waals surface area contributed by atoms with Crippen LogP contribution in [0.2, 0.25) is 0 Å². The first-order chi connectivity index (χ1) is 14.2. The Morgan fingerprint density at radius 1 is 1.20 bits per heavy atom. The van der Waals surface area contributed by atoms with E-state index in [1.54, 1.807) is 13.1 Å². The topological polar surface area (TPSA) is 46.1 Å². The summed E-state index contributed by atoms with van der Waals surface area (Å²) in [6.45, 7) is 6.05. The molecule has 2 aromatic carbocycles. The van der Waals surface area contributed by atoms with Gasteiger partial charge in [0.2, 0.25) is 0 Å². The zero-order valence-electron chi connectivity index (χ0n) is 17.6. The van der Waals surface area contributed by atoms with Crippen molar-refractivity contribution in [1.82, 2.24) is 10.2 Å². The molecule has 5 nitrogen and oxygen atoms in total. The number of rotatable bonds is 8. The van der Waals surface area contributed by atoms with Crippen LogP contribution in [0.3, 0.4) is 0 Å². The number of likely N-dealkylation sites (tertiary alicyclic amines) is 1. The van der Waals surface area contributed by atoms with Gasteiger partial charge in [0.05, 0.1) is 19.8 Å². The fourth-order valence-electron chi connectivity index (χ4n) is 3.52. The Kier molecular flexibility index (Phi) is 10.4. The largest absolute Gasteiger partial charge is 0.491 e. The lowest BCUT2D eigenvalue weighted by Crippen LogP contribution is -2.39. The summed E-state index contributed by atoms with van der Waals surface area (Å²) in [5.41, 5.74) is 2.05. The van der Waals surface area contributed by atoms with Crippen LogP contribution < -0.4 is 10.1 Å². The Hall–Kier alpha value is -1.87. The molecule has 0 radical (unpaired) electrons. The van der Waals surface area contributed by atoms with E-state index < -0.39 is 0 Å². The number of nitrogens with zero attached hydrogens (tertiary/aromatic N) is 2. The van der Waals surface area contributed by atoms with Crippen molar-refractivity contribution in [2.45, 2.75) is 26.5 Å². The molecule has 1 aliphatic rings. The molecule has 1 unspecified atom stereocenters. The van der Waals surface area contributed by atoms with Crippen LogP contribution in [0, 0.1) is 11.7 Å². The van der Waals surface area contributed by atoms with E-state index in [-0.39, 0.29) is 29.8 Å². The van der Waals surface area contributed by atoms with Crippen molar-refractivity contribution in [3.8, 4) is 5.75 Å². The van der Waals surface area contributed by atoms with Crippen LogP contribution in [-0.4, -0.2) is 44.2 Å². The number of aliphatic imine (C=N–C) groups is 1. The van der Waals surface area contributed by atoms with Gasteiger partial charge < -0.3 is 19.7 Å². The highest BCUT2D eigenvalue weighted by Gasteiger charge is 2.25. The van der Waals surface area contributed by atoms with Gasteiger partial charge in [-0.3, -0.25) is 4.99 Å². The minimum Gasteiger partial charge on any atom is -0.491 e. The third-order valence-corrected chi connectivity index (χ3v) is 5.01. The molecule has 0 saturated carbocycles. The fourth-order valence-corrected chi connectivity index (χ4v) is 3.52. The summed E-state index contributed by atoms with van der Waals surface area (Å²) in [6, 6.07) is 15.3. The summed E-state index contributed by atoms with van der Waals surface area (Å²) in [5.74, 6) is 1.28. The average Bonchev–Trinajstić information content (AvgIpc) is 3.20. The number of halogens is 2. The van der Waals surface area contributed by atoms with Crippen molar-refractivity contribution in [2.24, 2.45) is 10.9 Å². The molecule has 164 valence electrons. The lowest BCUT2D eigenvalue weighted by Gasteiger charge is -2.22. The van der Waals surface area contributed by atoms with Crippen LogP contribution in [0.5, 0.6) is 5.75 Å². The second-order valence-corrected chi connectivity index (χ2v) is 7.20. The van der Waals surface area contributed by atoms with Crippen molar-refractivity contribution in [3.05, 3.63) is 65.5 Å². The molecular weight excluding hydrogens is 496 g/mol. The van der Waals surface area contributed by atoms with E-state index in [0.717, 1.165) is 37.6 Å². The van der Waals surface area contributed by atoms with Gasteiger partial charge in [0.15, 0.2) is 17.5 Å². The van der Waals surface area contributed by atoms with Crippen molar-refractivity contribution in [1.29, 1.82) is 0 Å². The second-order valence-electron chi connectivity index (χ2n) is 7.20. The molecule has 3 rings (SSSR count). The molecule has 1 atom stereocenters. The third-order valence-electron chi connectivity index (χ3n) is 5.01. The van der Waals surface area contributed by atoms with Gasteiger partial charge in [-0.2, -0.15) is 0 Å². The summed E-state index contributed by atoms with van der Waals surface area (Å²) in [4.78, 5) is 6.63. The van der Waals surface area contributed by atoms with E-state index >= 15 is 0 Å². The maximum absolute atomic E-state index is 14.0. The Morgan fingerprint density at radius 2 is 2.00 bits per heavy atom. The monoisotopic (exact) mass is 527 g/mol. The zero-order chi connectivity index (χ0) is 20.5. The van der Waals surface area contributed by atoms with E-state index in [2.05, 4.69) is 27.3 Å². The van der Waals surface area contributed by atoms with Gasteiger partial charge in [-0.05, 0) is 36.6 Å².